The summed E-state index contributed by atoms with van der Waals surface area (Å²) in [5, 5.41) is 0. The van der Waals surface area contributed by atoms with Gasteiger partial charge in [-0.1, -0.05) is 15.9 Å². The number of halogens is 1. The molecule has 0 bridgehead atoms. The SMILES string of the molecule is NC1CCN(Cc2cc(Br)cc3c2OCC3)CC1. The molecule has 1 aromatic carbocycles. The minimum Gasteiger partial charge on any atom is -0.493 e. The number of benzene rings is 1. The van der Waals surface area contributed by atoms with E-state index < -0.39 is 0 Å². The van der Waals surface area contributed by atoms with Gasteiger partial charge in [0.25, 0.3) is 0 Å². The van der Waals surface area contributed by atoms with Crippen molar-refractivity contribution in [2.75, 3.05) is 19.7 Å². The summed E-state index contributed by atoms with van der Waals surface area (Å²) in [6.45, 7) is 4.00. The van der Waals surface area contributed by atoms with Crippen molar-refractivity contribution in [1.82, 2.24) is 4.90 Å². The van der Waals surface area contributed by atoms with E-state index in [1.54, 1.807) is 0 Å². The number of hydrogen-bond donors (Lipinski definition) is 1. The maximum absolute atomic E-state index is 5.95. The van der Waals surface area contributed by atoms with Crippen LogP contribution in [0.3, 0.4) is 0 Å². The number of rotatable bonds is 2. The molecule has 0 unspecified atom stereocenters. The van der Waals surface area contributed by atoms with Crippen LogP contribution in [0.1, 0.15) is 24.0 Å². The number of likely N-dealkylation sites (tertiary alicyclic amines) is 1. The second-order valence-electron chi connectivity index (χ2n) is 5.27. The number of nitrogens with zero attached hydrogens (tertiary/aromatic N) is 1. The fraction of sp³-hybridized carbons (Fsp3) is 0.571. The van der Waals surface area contributed by atoms with E-state index in [1.165, 1.54) is 11.1 Å². The van der Waals surface area contributed by atoms with E-state index in [-0.39, 0.29) is 0 Å². The second kappa shape index (κ2) is 5.19. The quantitative estimate of drug-likeness (QED) is 0.911. The minimum atomic E-state index is 0.394. The highest BCUT2D eigenvalue weighted by atomic mass is 79.9. The van der Waals surface area contributed by atoms with Gasteiger partial charge >= 0.3 is 0 Å². The minimum absolute atomic E-state index is 0.394. The molecule has 0 radical (unpaired) electrons. The van der Waals surface area contributed by atoms with Crippen LogP contribution in [-0.2, 0) is 13.0 Å². The molecule has 2 aliphatic heterocycles. The Morgan fingerprint density at radius 3 is 2.89 bits per heavy atom. The lowest BCUT2D eigenvalue weighted by molar-refractivity contribution is 0.203. The Bertz CT molecular complexity index is 442. The third-order valence-corrected chi connectivity index (χ3v) is 4.31. The van der Waals surface area contributed by atoms with Crippen LogP contribution >= 0.6 is 15.9 Å². The van der Waals surface area contributed by atoms with Gasteiger partial charge in [-0.05, 0) is 43.6 Å². The maximum Gasteiger partial charge on any atom is 0.127 e. The number of nitrogens with two attached hydrogens (primary N) is 1. The van der Waals surface area contributed by atoms with Gasteiger partial charge in [0.15, 0.2) is 0 Å². The number of hydrogen-bond acceptors (Lipinski definition) is 3. The molecule has 2 aliphatic rings. The Morgan fingerprint density at radius 2 is 2.11 bits per heavy atom. The lowest BCUT2D eigenvalue weighted by Crippen LogP contribution is -2.39. The topological polar surface area (TPSA) is 38.5 Å². The van der Waals surface area contributed by atoms with Gasteiger partial charge in [-0.15, -0.1) is 0 Å². The molecule has 0 amide bonds. The maximum atomic E-state index is 5.95. The summed E-state index contributed by atoms with van der Waals surface area (Å²) in [7, 11) is 0. The van der Waals surface area contributed by atoms with E-state index >= 15 is 0 Å². The zero-order valence-electron chi connectivity index (χ0n) is 10.5. The Kier molecular flexibility index (Phi) is 3.59. The first-order chi connectivity index (χ1) is 8.72. The largest absolute Gasteiger partial charge is 0.493 e. The van der Waals surface area contributed by atoms with Crippen molar-refractivity contribution in [2.45, 2.75) is 31.8 Å². The van der Waals surface area contributed by atoms with E-state index in [9.17, 15) is 0 Å². The summed E-state index contributed by atoms with van der Waals surface area (Å²) >= 11 is 3.60. The Labute approximate surface area is 116 Å². The predicted octanol–water partition coefficient (Wildman–Crippen LogP) is 2.31. The molecular weight excluding hydrogens is 292 g/mol. The normalized spacial score (nSPS) is 20.8. The molecule has 1 aromatic rings. The zero-order valence-corrected chi connectivity index (χ0v) is 12.1. The number of piperidine rings is 1. The van der Waals surface area contributed by atoms with Gasteiger partial charge in [-0.25, -0.2) is 0 Å². The van der Waals surface area contributed by atoms with Crippen LogP contribution in [0.15, 0.2) is 16.6 Å². The molecule has 0 saturated carbocycles. The molecule has 4 heteroatoms. The zero-order chi connectivity index (χ0) is 12.5. The fourth-order valence-corrected chi connectivity index (χ4v) is 3.37. The Hall–Kier alpha value is -0.580. The van der Waals surface area contributed by atoms with Crippen molar-refractivity contribution in [1.29, 1.82) is 0 Å². The van der Waals surface area contributed by atoms with Gasteiger partial charge in [-0.2, -0.15) is 0 Å². The Balaban J connectivity index is 1.76. The summed E-state index contributed by atoms with van der Waals surface area (Å²) in [5.74, 6) is 1.12. The molecular formula is C14H19BrN2O. The molecule has 1 saturated heterocycles. The first-order valence-electron chi connectivity index (χ1n) is 6.64. The number of fused-ring (bicyclic) bond motifs is 1. The van der Waals surface area contributed by atoms with Gasteiger partial charge in [0.1, 0.15) is 5.75 Å². The first-order valence-corrected chi connectivity index (χ1v) is 7.44. The molecule has 0 aliphatic carbocycles. The van der Waals surface area contributed by atoms with E-state index in [4.69, 9.17) is 10.5 Å². The van der Waals surface area contributed by atoms with Crippen LogP contribution in [0, 0.1) is 0 Å². The Morgan fingerprint density at radius 1 is 1.33 bits per heavy atom. The lowest BCUT2D eigenvalue weighted by atomic mass is 10.0. The van der Waals surface area contributed by atoms with Crippen LogP contribution < -0.4 is 10.5 Å². The monoisotopic (exact) mass is 310 g/mol. The van der Waals surface area contributed by atoms with Crippen molar-refractivity contribution in [3.05, 3.63) is 27.7 Å². The van der Waals surface area contributed by atoms with E-state index in [0.717, 1.165) is 55.7 Å². The molecule has 2 N–H and O–H groups in total. The van der Waals surface area contributed by atoms with E-state index in [2.05, 4.69) is 33.0 Å². The average molecular weight is 311 g/mol. The molecule has 3 rings (SSSR count). The average Bonchev–Trinajstić information content (AvgIpc) is 2.80. The molecule has 3 nitrogen and oxygen atoms in total. The third-order valence-electron chi connectivity index (χ3n) is 3.85. The van der Waals surface area contributed by atoms with Gasteiger partial charge in [-0.3, -0.25) is 4.90 Å². The molecule has 0 atom stereocenters. The van der Waals surface area contributed by atoms with Crippen LogP contribution in [0.2, 0.25) is 0 Å². The van der Waals surface area contributed by atoms with Crippen molar-refractivity contribution in [2.24, 2.45) is 5.73 Å². The highest BCUT2D eigenvalue weighted by Crippen LogP contribution is 2.34. The molecule has 1 fully saturated rings. The lowest BCUT2D eigenvalue weighted by Gasteiger charge is -2.30. The van der Waals surface area contributed by atoms with Gasteiger partial charge in [0.05, 0.1) is 6.61 Å². The van der Waals surface area contributed by atoms with Gasteiger partial charge in [0.2, 0.25) is 0 Å². The summed E-state index contributed by atoms with van der Waals surface area (Å²) in [6.07, 6.45) is 3.25. The van der Waals surface area contributed by atoms with Crippen molar-refractivity contribution < 1.29 is 4.74 Å². The summed E-state index contributed by atoms with van der Waals surface area (Å²) in [4.78, 5) is 2.48. The highest BCUT2D eigenvalue weighted by molar-refractivity contribution is 9.10. The van der Waals surface area contributed by atoms with Gasteiger partial charge in [0, 0.05) is 29.0 Å². The number of ether oxygens (including phenoxy) is 1. The van der Waals surface area contributed by atoms with Gasteiger partial charge < -0.3 is 10.5 Å². The molecule has 0 spiro atoms. The summed E-state index contributed by atoms with van der Waals surface area (Å²) < 4.78 is 6.94. The standard InChI is InChI=1S/C14H19BrN2O/c15-12-7-10-3-6-18-14(10)11(8-12)9-17-4-1-13(16)2-5-17/h7-8,13H,1-6,9,16H2. The first kappa shape index (κ1) is 12.5. The van der Waals surface area contributed by atoms with Crippen molar-refractivity contribution in [3.8, 4) is 5.75 Å². The molecule has 98 valence electrons. The third kappa shape index (κ3) is 2.56. The van der Waals surface area contributed by atoms with Crippen LogP contribution in [0.4, 0.5) is 0 Å². The van der Waals surface area contributed by atoms with E-state index in [0.29, 0.717) is 6.04 Å². The van der Waals surface area contributed by atoms with Crippen molar-refractivity contribution >= 4 is 15.9 Å². The molecule has 0 aromatic heterocycles. The molecule has 2 heterocycles. The smallest absolute Gasteiger partial charge is 0.127 e. The van der Waals surface area contributed by atoms with Crippen LogP contribution in [0.25, 0.3) is 0 Å². The van der Waals surface area contributed by atoms with Crippen molar-refractivity contribution in [3.63, 3.8) is 0 Å². The van der Waals surface area contributed by atoms with Crippen LogP contribution in [-0.4, -0.2) is 30.6 Å². The second-order valence-corrected chi connectivity index (χ2v) is 6.18. The predicted molar refractivity (Wildman–Crippen MR) is 75.8 cm³/mol. The summed E-state index contributed by atoms with van der Waals surface area (Å²) in [6, 6.07) is 4.77. The van der Waals surface area contributed by atoms with Crippen LogP contribution in [0.5, 0.6) is 5.75 Å². The highest BCUT2D eigenvalue weighted by Gasteiger charge is 2.21. The summed E-state index contributed by atoms with van der Waals surface area (Å²) in [5.41, 5.74) is 8.60. The fourth-order valence-electron chi connectivity index (χ4n) is 2.82. The molecule has 18 heavy (non-hydrogen) atoms. The van der Waals surface area contributed by atoms with E-state index in [1.807, 2.05) is 0 Å².